The number of nitrogens with one attached hydrogen (secondary N) is 1. The Kier molecular flexibility index (Phi) is 10.9. The first-order valence-corrected chi connectivity index (χ1v) is 5.62. The Bertz CT molecular complexity index is 109. The number of ether oxygens (including phenoxy) is 2. The van der Waals surface area contributed by atoms with Crippen molar-refractivity contribution >= 4 is 0 Å². The smallest absolute Gasteiger partial charge is 0.0780 e. The minimum absolute atomic E-state index is 0.230. The van der Waals surface area contributed by atoms with Gasteiger partial charge in [0.15, 0.2) is 0 Å². The first-order chi connectivity index (χ1) is 6.81. The summed E-state index contributed by atoms with van der Waals surface area (Å²) in [5.74, 6) is 0. The Labute approximate surface area is 88.2 Å². The van der Waals surface area contributed by atoms with Crippen LogP contribution in [0.4, 0.5) is 0 Å². The van der Waals surface area contributed by atoms with Gasteiger partial charge in [0.25, 0.3) is 0 Å². The molecule has 14 heavy (non-hydrogen) atoms. The van der Waals surface area contributed by atoms with Gasteiger partial charge in [-0.2, -0.15) is 0 Å². The summed E-state index contributed by atoms with van der Waals surface area (Å²) >= 11 is 0. The maximum absolute atomic E-state index is 5.54. The summed E-state index contributed by atoms with van der Waals surface area (Å²) < 4.78 is 10.5. The number of methoxy groups -OCH3 is 1. The molecule has 0 heterocycles. The third-order valence-electron chi connectivity index (χ3n) is 2.05. The minimum atomic E-state index is 0.230. The topological polar surface area (TPSA) is 30.5 Å². The standard InChI is InChI=1S/C11H25NO2/c1-4-12-8-6-5-7-9-14-11(2)10-13-3/h11-12H,4-10H2,1-3H3. The number of hydrogen-bond acceptors (Lipinski definition) is 3. The highest BCUT2D eigenvalue weighted by molar-refractivity contribution is 4.49. The van der Waals surface area contributed by atoms with Crippen molar-refractivity contribution in [2.75, 3.05) is 33.4 Å². The molecule has 0 saturated heterocycles. The zero-order valence-corrected chi connectivity index (χ0v) is 9.84. The van der Waals surface area contributed by atoms with E-state index in [-0.39, 0.29) is 6.10 Å². The molecular weight excluding hydrogens is 178 g/mol. The van der Waals surface area contributed by atoms with Gasteiger partial charge in [-0.3, -0.25) is 0 Å². The summed E-state index contributed by atoms with van der Waals surface area (Å²) in [5.41, 5.74) is 0. The van der Waals surface area contributed by atoms with Crippen molar-refractivity contribution in [1.82, 2.24) is 5.32 Å². The molecule has 0 aromatic carbocycles. The Morgan fingerprint density at radius 3 is 2.64 bits per heavy atom. The Morgan fingerprint density at radius 2 is 2.00 bits per heavy atom. The van der Waals surface area contributed by atoms with Gasteiger partial charge in [0.2, 0.25) is 0 Å². The van der Waals surface area contributed by atoms with Gasteiger partial charge in [-0.1, -0.05) is 6.92 Å². The van der Waals surface area contributed by atoms with Crippen LogP contribution in [-0.4, -0.2) is 39.5 Å². The van der Waals surface area contributed by atoms with Gasteiger partial charge in [-0.15, -0.1) is 0 Å². The SMILES string of the molecule is CCNCCCCCOC(C)COC. The average Bonchev–Trinajstić information content (AvgIpc) is 2.17. The van der Waals surface area contributed by atoms with E-state index in [2.05, 4.69) is 12.2 Å². The van der Waals surface area contributed by atoms with Gasteiger partial charge >= 0.3 is 0 Å². The lowest BCUT2D eigenvalue weighted by molar-refractivity contribution is 0.00768. The van der Waals surface area contributed by atoms with E-state index in [4.69, 9.17) is 9.47 Å². The predicted molar refractivity (Wildman–Crippen MR) is 59.7 cm³/mol. The molecule has 0 aliphatic carbocycles. The molecule has 0 saturated carbocycles. The van der Waals surface area contributed by atoms with E-state index in [1.807, 2.05) is 6.92 Å². The molecule has 0 aromatic heterocycles. The largest absolute Gasteiger partial charge is 0.382 e. The highest BCUT2D eigenvalue weighted by Crippen LogP contribution is 1.98. The minimum Gasteiger partial charge on any atom is -0.382 e. The number of rotatable bonds is 10. The summed E-state index contributed by atoms with van der Waals surface area (Å²) in [6.45, 7) is 7.93. The second-order valence-electron chi connectivity index (χ2n) is 3.55. The first-order valence-electron chi connectivity index (χ1n) is 5.62. The van der Waals surface area contributed by atoms with Gasteiger partial charge in [-0.05, 0) is 39.3 Å². The molecule has 1 atom stereocenters. The molecule has 1 unspecified atom stereocenters. The second-order valence-corrected chi connectivity index (χ2v) is 3.55. The molecule has 0 fully saturated rings. The molecule has 0 radical (unpaired) electrons. The zero-order chi connectivity index (χ0) is 10.6. The van der Waals surface area contributed by atoms with Crippen LogP contribution in [0.15, 0.2) is 0 Å². The van der Waals surface area contributed by atoms with Crippen molar-refractivity contribution in [3.63, 3.8) is 0 Å². The fourth-order valence-corrected chi connectivity index (χ4v) is 1.27. The normalized spacial score (nSPS) is 13.1. The lowest BCUT2D eigenvalue weighted by atomic mass is 10.2. The van der Waals surface area contributed by atoms with Gasteiger partial charge in [-0.25, -0.2) is 0 Å². The summed E-state index contributed by atoms with van der Waals surface area (Å²) in [6.07, 6.45) is 3.87. The van der Waals surface area contributed by atoms with Gasteiger partial charge in [0, 0.05) is 13.7 Å². The highest BCUT2D eigenvalue weighted by Gasteiger charge is 1.99. The van der Waals surface area contributed by atoms with Crippen molar-refractivity contribution in [1.29, 1.82) is 0 Å². The molecule has 3 heteroatoms. The lowest BCUT2D eigenvalue weighted by Crippen LogP contribution is -2.16. The molecule has 0 aliphatic heterocycles. The van der Waals surface area contributed by atoms with E-state index in [1.54, 1.807) is 7.11 Å². The molecule has 0 rings (SSSR count). The van der Waals surface area contributed by atoms with E-state index >= 15 is 0 Å². The van der Waals surface area contributed by atoms with Crippen LogP contribution < -0.4 is 5.32 Å². The van der Waals surface area contributed by atoms with Gasteiger partial charge < -0.3 is 14.8 Å². The monoisotopic (exact) mass is 203 g/mol. The fourth-order valence-electron chi connectivity index (χ4n) is 1.27. The van der Waals surface area contributed by atoms with E-state index in [0.717, 1.165) is 26.1 Å². The maximum Gasteiger partial charge on any atom is 0.0780 e. The molecule has 0 amide bonds. The summed E-state index contributed by atoms with van der Waals surface area (Å²) in [6, 6.07) is 0. The van der Waals surface area contributed by atoms with Crippen LogP contribution in [-0.2, 0) is 9.47 Å². The Hall–Kier alpha value is -0.120. The Morgan fingerprint density at radius 1 is 1.21 bits per heavy atom. The van der Waals surface area contributed by atoms with Crippen LogP contribution in [0.2, 0.25) is 0 Å². The van der Waals surface area contributed by atoms with Gasteiger partial charge in [0.05, 0.1) is 12.7 Å². The summed E-state index contributed by atoms with van der Waals surface area (Å²) in [4.78, 5) is 0. The van der Waals surface area contributed by atoms with Crippen LogP contribution in [0.25, 0.3) is 0 Å². The van der Waals surface area contributed by atoms with Crippen molar-refractivity contribution in [2.24, 2.45) is 0 Å². The van der Waals surface area contributed by atoms with Crippen molar-refractivity contribution < 1.29 is 9.47 Å². The maximum atomic E-state index is 5.54. The second kappa shape index (κ2) is 11.0. The fraction of sp³-hybridized carbons (Fsp3) is 1.00. The number of unbranched alkanes of at least 4 members (excludes halogenated alkanes) is 2. The summed E-state index contributed by atoms with van der Waals surface area (Å²) in [7, 11) is 1.70. The van der Waals surface area contributed by atoms with Crippen molar-refractivity contribution in [2.45, 2.75) is 39.2 Å². The third kappa shape index (κ3) is 9.96. The van der Waals surface area contributed by atoms with Crippen molar-refractivity contribution in [3.8, 4) is 0 Å². The molecule has 0 bridgehead atoms. The van der Waals surface area contributed by atoms with Crippen LogP contribution in [0.3, 0.4) is 0 Å². The van der Waals surface area contributed by atoms with E-state index in [9.17, 15) is 0 Å². The molecule has 86 valence electrons. The zero-order valence-electron chi connectivity index (χ0n) is 9.84. The Balaban J connectivity index is 2.98. The van der Waals surface area contributed by atoms with Crippen LogP contribution in [0, 0.1) is 0 Å². The van der Waals surface area contributed by atoms with Crippen LogP contribution in [0.1, 0.15) is 33.1 Å². The summed E-state index contributed by atoms with van der Waals surface area (Å²) in [5, 5.41) is 3.31. The van der Waals surface area contributed by atoms with Gasteiger partial charge in [0.1, 0.15) is 0 Å². The first kappa shape index (κ1) is 13.9. The van der Waals surface area contributed by atoms with E-state index < -0.39 is 0 Å². The van der Waals surface area contributed by atoms with E-state index in [1.165, 1.54) is 12.8 Å². The highest BCUT2D eigenvalue weighted by atomic mass is 16.5. The predicted octanol–water partition coefficient (Wildman–Crippen LogP) is 1.82. The molecule has 0 aromatic rings. The van der Waals surface area contributed by atoms with E-state index in [0.29, 0.717) is 6.61 Å². The van der Waals surface area contributed by atoms with Crippen LogP contribution >= 0.6 is 0 Å². The molecule has 3 nitrogen and oxygen atoms in total. The third-order valence-corrected chi connectivity index (χ3v) is 2.05. The molecular formula is C11H25NO2. The van der Waals surface area contributed by atoms with Crippen LogP contribution in [0.5, 0.6) is 0 Å². The number of hydrogen-bond donors (Lipinski definition) is 1. The average molecular weight is 203 g/mol. The lowest BCUT2D eigenvalue weighted by Gasteiger charge is -2.11. The molecule has 0 aliphatic rings. The molecule has 0 spiro atoms. The quantitative estimate of drug-likeness (QED) is 0.549. The molecule has 1 N–H and O–H groups in total. The van der Waals surface area contributed by atoms with Crippen molar-refractivity contribution in [3.05, 3.63) is 0 Å².